The van der Waals surface area contributed by atoms with Crippen LogP contribution in [-0.4, -0.2) is 15.4 Å². The minimum absolute atomic E-state index is 0.0765. The number of hydrogen-bond acceptors (Lipinski definition) is 1. The van der Waals surface area contributed by atoms with Gasteiger partial charge in [0.2, 0.25) is 0 Å². The van der Waals surface area contributed by atoms with Crippen molar-refractivity contribution in [1.29, 1.82) is 0 Å². The van der Waals surface area contributed by atoms with Gasteiger partial charge in [0.25, 0.3) is 0 Å². The van der Waals surface area contributed by atoms with E-state index < -0.39 is 9.76 Å². The smallest absolute Gasteiger partial charge is 0.193 e. The first kappa shape index (κ1) is 15.8. The van der Waals surface area contributed by atoms with E-state index in [2.05, 4.69) is 87.5 Å². The lowest BCUT2D eigenvalue weighted by atomic mass is 9.90. The van der Waals surface area contributed by atoms with Crippen LogP contribution in [0.25, 0.3) is 43.1 Å². The van der Waals surface area contributed by atoms with Gasteiger partial charge in [0, 0.05) is 5.60 Å². The fraction of sp³-hybridized carbons (Fsp3) is 0.167. The van der Waals surface area contributed by atoms with Gasteiger partial charge in [-0.25, -0.2) is 0 Å². The highest BCUT2D eigenvalue weighted by Gasteiger charge is 2.15. The van der Waals surface area contributed by atoms with Crippen LogP contribution in [0.2, 0.25) is 0 Å². The number of hydrogen-bond donors (Lipinski definition) is 0. The average molecular weight is 355 g/mol. The molecule has 0 saturated heterocycles. The molecule has 0 saturated carbocycles. The molecule has 0 spiro atoms. The summed E-state index contributed by atoms with van der Waals surface area (Å²) < 4.78 is 6.19. The third-order valence-electron chi connectivity index (χ3n) is 5.19. The topological polar surface area (TPSA) is 9.23 Å². The lowest BCUT2D eigenvalue weighted by molar-refractivity contribution is 0.142. The summed E-state index contributed by atoms with van der Waals surface area (Å²) >= 11 is 0. The fourth-order valence-electron chi connectivity index (χ4n) is 4.10. The standard InChI is InChI=1S/C24H22OSi/c1-24(2,3)25-26-17-13-16-9-6-11-19-18-10-4-7-15-8-5-12-20(22(15)18)21(14-17)23(16)19/h4-14H,26H2,1-3H3. The van der Waals surface area contributed by atoms with Crippen molar-refractivity contribution in [2.24, 2.45) is 0 Å². The molecule has 0 atom stereocenters. The van der Waals surface area contributed by atoms with Crippen molar-refractivity contribution in [2.45, 2.75) is 26.4 Å². The van der Waals surface area contributed by atoms with Gasteiger partial charge in [-0.2, -0.15) is 0 Å². The van der Waals surface area contributed by atoms with Crippen LogP contribution in [0.5, 0.6) is 0 Å². The van der Waals surface area contributed by atoms with Crippen molar-refractivity contribution in [3.8, 4) is 0 Å². The monoisotopic (exact) mass is 354 g/mol. The Balaban J connectivity index is 1.90. The molecular weight excluding hydrogens is 332 g/mol. The molecule has 0 aromatic heterocycles. The Hall–Kier alpha value is -2.42. The minimum Gasteiger partial charge on any atom is -0.414 e. The zero-order chi connectivity index (χ0) is 17.9. The van der Waals surface area contributed by atoms with Gasteiger partial charge < -0.3 is 4.43 Å². The molecule has 0 aliphatic heterocycles. The molecule has 128 valence electrons. The van der Waals surface area contributed by atoms with Gasteiger partial charge in [-0.1, -0.05) is 66.7 Å². The molecule has 0 heterocycles. The second kappa shape index (κ2) is 5.54. The average Bonchev–Trinajstić information content (AvgIpc) is 2.63. The van der Waals surface area contributed by atoms with E-state index in [1.807, 2.05) is 0 Å². The summed E-state index contributed by atoms with van der Waals surface area (Å²) in [6, 6.07) is 24.7. The molecular formula is C24H22OSi. The fourth-order valence-corrected chi connectivity index (χ4v) is 5.29. The van der Waals surface area contributed by atoms with Crippen molar-refractivity contribution in [2.75, 3.05) is 0 Å². The first-order chi connectivity index (χ1) is 12.5. The van der Waals surface area contributed by atoms with E-state index in [0.717, 1.165) is 0 Å². The van der Waals surface area contributed by atoms with E-state index in [0.29, 0.717) is 0 Å². The Bertz CT molecular complexity index is 1260. The van der Waals surface area contributed by atoms with E-state index in [1.54, 1.807) is 0 Å². The molecule has 2 heteroatoms. The highest BCUT2D eigenvalue weighted by atomic mass is 28.2. The summed E-state index contributed by atoms with van der Waals surface area (Å²) in [4.78, 5) is 0. The number of fused-ring (bicyclic) bond motifs is 2. The van der Waals surface area contributed by atoms with Gasteiger partial charge in [-0.05, 0) is 69.0 Å². The summed E-state index contributed by atoms with van der Waals surface area (Å²) in [5.74, 6) is 0. The molecule has 0 radical (unpaired) electrons. The molecule has 0 bridgehead atoms. The Morgan fingerprint density at radius 1 is 0.654 bits per heavy atom. The van der Waals surface area contributed by atoms with Gasteiger partial charge in [-0.15, -0.1) is 0 Å². The van der Waals surface area contributed by atoms with Crippen LogP contribution in [0.15, 0.2) is 66.7 Å². The van der Waals surface area contributed by atoms with Crippen LogP contribution < -0.4 is 5.19 Å². The summed E-state index contributed by atoms with van der Waals surface area (Å²) in [5, 5.41) is 12.2. The van der Waals surface area contributed by atoms with Crippen molar-refractivity contribution in [3.63, 3.8) is 0 Å². The first-order valence-electron chi connectivity index (χ1n) is 9.23. The van der Waals surface area contributed by atoms with E-state index >= 15 is 0 Å². The molecule has 0 aliphatic rings. The first-order valence-corrected chi connectivity index (χ1v) is 10.5. The van der Waals surface area contributed by atoms with Crippen molar-refractivity contribution in [3.05, 3.63) is 66.7 Å². The second-order valence-corrected chi connectivity index (χ2v) is 9.55. The molecule has 26 heavy (non-hydrogen) atoms. The maximum Gasteiger partial charge on any atom is 0.193 e. The van der Waals surface area contributed by atoms with Gasteiger partial charge in [-0.3, -0.25) is 0 Å². The van der Waals surface area contributed by atoms with Gasteiger partial charge in [0.1, 0.15) is 0 Å². The number of rotatable bonds is 2. The lowest BCUT2D eigenvalue weighted by Crippen LogP contribution is -2.28. The predicted octanol–water partition coefficient (Wildman–Crippen LogP) is 5.26. The molecule has 1 nitrogen and oxygen atoms in total. The van der Waals surface area contributed by atoms with Crippen LogP contribution in [-0.2, 0) is 4.43 Å². The SMILES string of the molecule is CC(C)(C)O[SiH2]c1cc2cccc3c4cccc5cccc(c(c1)c23)c54. The van der Waals surface area contributed by atoms with E-state index in [4.69, 9.17) is 4.43 Å². The maximum absolute atomic E-state index is 6.19. The van der Waals surface area contributed by atoms with Gasteiger partial charge in [0.05, 0.1) is 0 Å². The Morgan fingerprint density at radius 2 is 1.19 bits per heavy atom. The molecule has 0 aliphatic carbocycles. The Kier molecular flexibility index (Phi) is 3.36. The third kappa shape index (κ3) is 2.41. The molecule has 0 amide bonds. The summed E-state index contributed by atoms with van der Waals surface area (Å²) in [7, 11) is -0.766. The highest BCUT2D eigenvalue weighted by Crippen LogP contribution is 2.39. The van der Waals surface area contributed by atoms with Crippen LogP contribution >= 0.6 is 0 Å². The molecule has 5 aromatic rings. The normalized spacial score (nSPS) is 13.2. The van der Waals surface area contributed by atoms with E-state index in [9.17, 15) is 0 Å². The molecule has 0 N–H and O–H groups in total. The zero-order valence-electron chi connectivity index (χ0n) is 15.5. The number of benzene rings is 5. The Labute approximate surface area is 155 Å². The Morgan fingerprint density at radius 3 is 1.81 bits per heavy atom. The van der Waals surface area contributed by atoms with E-state index in [1.165, 1.54) is 48.3 Å². The minimum atomic E-state index is -0.766. The van der Waals surface area contributed by atoms with Crippen LogP contribution in [0.3, 0.4) is 0 Å². The quantitative estimate of drug-likeness (QED) is 0.239. The van der Waals surface area contributed by atoms with Crippen LogP contribution in [0, 0.1) is 0 Å². The lowest BCUT2D eigenvalue weighted by Gasteiger charge is -2.21. The van der Waals surface area contributed by atoms with Crippen molar-refractivity contribution in [1.82, 2.24) is 0 Å². The molecule has 5 aromatic carbocycles. The second-order valence-electron chi connectivity index (χ2n) is 8.16. The molecule has 5 rings (SSSR count). The zero-order valence-corrected chi connectivity index (χ0v) is 16.9. The maximum atomic E-state index is 6.19. The van der Waals surface area contributed by atoms with Crippen molar-refractivity contribution >= 4 is 58.0 Å². The van der Waals surface area contributed by atoms with E-state index in [-0.39, 0.29) is 5.60 Å². The largest absolute Gasteiger partial charge is 0.414 e. The molecule has 0 fully saturated rings. The summed E-state index contributed by atoms with van der Waals surface area (Å²) in [5.41, 5.74) is -0.0765. The third-order valence-corrected chi connectivity index (χ3v) is 6.95. The van der Waals surface area contributed by atoms with Gasteiger partial charge in [0.15, 0.2) is 9.76 Å². The van der Waals surface area contributed by atoms with Gasteiger partial charge >= 0.3 is 0 Å². The molecule has 0 unspecified atom stereocenters. The van der Waals surface area contributed by atoms with Crippen LogP contribution in [0.4, 0.5) is 0 Å². The summed E-state index contributed by atoms with van der Waals surface area (Å²) in [6.07, 6.45) is 0. The highest BCUT2D eigenvalue weighted by molar-refractivity contribution is 6.49. The predicted molar refractivity (Wildman–Crippen MR) is 117 cm³/mol. The van der Waals surface area contributed by atoms with Crippen LogP contribution in [0.1, 0.15) is 20.8 Å². The summed E-state index contributed by atoms with van der Waals surface area (Å²) in [6.45, 7) is 6.42. The van der Waals surface area contributed by atoms with Crippen molar-refractivity contribution < 1.29 is 4.43 Å².